The van der Waals surface area contributed by atoms with Gasteiger partial charge in [0.2, 0.25) is 11.8 Å². The second kappa shape index (κ2) is 8.13. The largest absolute Gasteiger partial charge is 0.491 e. The van der Waals surface area contributed by atoms with E-state index in [1.807, 2.05) is 0 Å². The highest BCUT2D eigenvalue weighted by Gasteiger charge is 2.11. The van der Waals surface area contributed by atoms with Gasteiger partial charge >= 0.3 is 0 Å². The maximum Gasteiger partial charge on any atom is 0.261 e. The summed E-state index contributed by atoms with van der Waals surface area (Å²) in [6.07, 6.45) is 1.42. The fourth-order valence-electron chi connectivity index (χ4n) is 2.52. The summed E-state index contributed by atoms with van der Waals surface area (Å²) in [5.41, 5.74) is 5.81. The number of hydrogen-bond donors (Lipinski definition) is 2. The molecule has 0 spiro atoms. The van der Waals surface area contributed by atoms with Crippen LogP contribution in [-0.2, 0) is 16.1 Å². The van der Waals surface area contributed by atoms with E-state index in [0.717, 1.165) is 0 Å². The standard InChI is InChI=1S/C19H18N4O4/c20-17(24)9-10-27-16-8-4-3-7-15(16)22-18(25)11-23-12-21-14-6-2-1-5-13(14)19(23)26/h1-8,12H,9-11H2,(H2,20,24)(H,22,25). The van der Waals surface area contributed by atoms with Crippen molar-refractivity contribution in [3.05, 3.63) is 65.2 Å². The average Bonchev–Trinajstić information content (AvgIpc) is 2.65. The van der Waals surface area contributed by atoms with Crippen LogP contribution in [0.3, 0.4) is 0 Å². The maximum atomic E-state index is 12.5. The molecule has 2 amide bonds. The quantitative estimate of drug-likeness (QED) is 0.653. The van der Waals surface area contributed by atoms with E-state index in [1.54, 1.807) is 48.5 Å². The molecule has 0 bridgehead atoms. The third-order valence-corrected chi connectivity index (χ3v) is 3.81. The van der Waals surface area contributed by atoms with E-state index in [9.17, 15) is 14.4 Å². The highest BCUT2D eigenvalue weighted by Crippen LogP contribution is 2.23. The molecule has 0 aliphatic rings. The summed E-state index contributed by atoms with van der Waals surface area (Å²) in [5.74, 6) is -0.462. The lowest BCUT2D eigenvalue weighted by Crippen LogP contribution is -2.28. The van der Waals surface area contributed by atoms with Crippen LogP contribution in [0.1, 0.15) is 6.42 Å². The minimum atomic E-state index is -0.473. The number of carbonyl (C=O) groups is 2. The number of para-hydroxylation sites is 3. The molecule has 3 aromatic rings. The Labute approximate surface area is 154 Å². The average molecular weight is 366 g/mol. The molecule has 1 aromatic heterocycles. The van der Waals surface area contributed by atoms with E-state index in [0.29, 0.717) is 22.3 Å². The van der Waals surface area contributed by atoms with Gasteiger partial charge in [-0.3, -0.25) is 19.0 Å². The predicted octanol–water partition coefficient (Wildman–Crippen LogP) is 1.29. The van der Waals surface area contributed by atoms with E-state index in [1.165, 1.54) is 10.9 Å². The van der Waals surface area contributed by atoms with Crippen LogP contribution < -0.4 is 21.3 Å². The van der Waals surface area contributed by atoms with Crippen molar-refractivity contribution in [2.24, 2.45) is 5.73 Å². The molecule has 0 saturated heterocycles. The third kappa shape index (κ3) is 4.49. The Morgan fingerprint density at radius 3 is 2.67 bits per heavy atom. The highest BCUT2D eigenvalue weighted by molar-refractivity contribution is 5.92. The van der Waals surface area contributed by atoms with Crippen LogP contribution in [-0.4, -0.2) is 28.0 Å². The molecular weight excluding hydrogens is 348 g/mol. The molecule has 27 heavy (non-hydrogen) atoms. The van der Waals surface area contributed by atoms with Gasteiger partial charge in [-0.25, -0.2) is 4.98 Å². The van der Waals surface area contributed by atoms with Gasteiger partial charge in [-0.05, 0) is 24.3 Å². The lowest BCUT2D eigenvalue weighted by Gasteiger charge is -2.12. The van der Waals surface area contributed by atoms with Crippen LogP contribution in [0.15, 0.2) is 59.7 Å². The van der Waals surface area contributed by atoms with Crippen molar-refractivity contribution in [2.75, 3.05) is 11.9 Å². The second-order valence-corrected chi connectivity index (χ2v) is 5.80. The van der Waals surface area contributed by atoms with Gasteiger partial charge in [-0.15, -0.1) is 0 Å². The smallest absolute Gasteiger partial charge is 0.261 e. The lowest BCUT2D eigenvalue weighted by atomic mass is 10.2. The van der Waals surface area contributed by atoms with Crippen LogP contribution in [0, 0.1) is 0 Å². The fraction of sp³-hybridized carbons (Fsp3) is 0.158. The molecule has 0 aliphatic heterocycles. The maximum absolute atomic E-state index is 12.5. The molecule has 0 fully saturated rings. The van der Waals surface area contributed by atoms with Gasteiger partial charge in [-0.2, -0.15) is 0 Å². The van der Waals surface area contributed by atoms with Gasteiger partial charge in [0, 0.05) is 0 Å². The van der Waals surface area contributed by atoms with Crippen molar-refractivity contribution in [2.45, 2.75) is 13.0 Å². The number of nitrogens with two attached hydrogens (primary N) is 1. The lowest BCUT2D eigenvalue weighted by molar-refractivity contribution is -0.118. The molecule has 0 unspecified atom stereocenters. The molecule has 1 heterocycles. The van der Waals surface area contributed by atoms with E-state index >= 15 is 0 Å². The molecule has 8 nitrogen and oxygen atoms in total. The molecule has 3 N–H and O–H groups in total. The fourth-order valence-corrected chi connectivity index (χ4v) is 2.52. The number of ether oxygens (including phenoxy) is 1. The molecule has 0 atom stereocenters. The van der Waals surface area contributed by atoms with Crippen LogP contribution >= 0.6 is 0 Å². The summed E-state index contributed by atoms with van der Waals surface area (Å²) in [5, 5.41) is 3.15. The predicted molar refractivity (Wildman–Crippen MR) is 100 cm³/mol. The number of anilines is 1. The first-order valence-corrected chi connectivity index (χ1v) is 8.29. The monoisotopic (exact) mass is 366 g/mol. The number of primary amides is 1. The topological polar surface area (TPSA) is 116 Å². The Kier molecular flexibility index (Phi) is 5.46. The van der Waals surface area contributed by atoms with E-state index in [2.05, 4.69) is 10.3 Å². The van der Waals surface area contributed by atoms with Crippen molar-refractivity contribution >= 4 is 28.4 Å². The third-order valence-electron chi connectivity index (χ3n) is 3.81. The summed E-state index contributed by atoms with van der Waals surface area (Å²) < 4.78 is 6.73. The van der Waals surface area contributed by atoms with E-state index in [4.69, 9.17) is 10.5 Å². The van der Waals surface area contributed by atoms with E-state index < -0.39 is 11.8 Å². The van der Waals surface area contributed by atoms with Crippen LogP contribution in [0.4, 0.5) is 5.69 Å². The molecule has 2 aromatic carbocycles. The number of hydrogen-bond acceptors (Lipinski definition) is 5. The van der Waals surface area contributed by atoms with Crippen molar-refractivity contribution in [1.82, 2.24) is 9.55 Å². The Morgan fingerprint density at radius 1 is 1.11 bits per heavy atom. The number of nitrogens with zero attached hydrogens (tertiary/aromatic N) is 2. The van der Waals surface area contributed by atoms with Crippen LogP contribution in [0.2, 0.25) is 0 Å². The first-order valence-electron chi connectivity index (χ1n) is 8.29. The number of carbonyl (C=O) groups excluding carboxylic acids is 2. The number of nitrogens with one attached hydrogen (secondary N) is 1. The zero-order chi connectivity index (χ0) is 19.2. The van der Waals surface area contributed by atoms with Crippen molar-refractivity contribution < 1.29 is 14.3 Å². The van der Waals surface area contributed by atoms with Gasteiger partial charge in [-0.1, -0.05) is 24.3 Å². The van der Waals surface area contributed by atoms with E-state index in [-0.39, 0.29) is 25.1 Å². The Morgan fingerprint density at radius 2 is 1.85 bits per heavy atom. The molecule has 138 valence electrons. The van der Waals surface area contributed by atoms with Crippen molar-refractivity contribution in [1.29, 1.82) is 0 Å². The zero-order valence-electron chi connectivity index (χ0n) is 14.4. The van der Waals surface area contributed by atoms with Crippen LogP contribution in [0.25, 0.3) is 10.9 Å². The highest BCUT2D eigenvalue weighted by atomic mass is 16.5. The Bertz CT molecular complexity index is 1050. The number of aromatic nitrogens is 2. The second-order valence-electron chi connectivity index (χ2n) is 5.80. The molecule has 0 aliphatic carbocycles. The number of fused-ring (bicyclic) bond motifs is 1. The van der Waals surface area contributed by atoms with Gasteiger partial charge < -0.3 is 15.8 Å². The normalized spacial score (nSPS) is 10.5. The van der Waals surface area contributed by atoms with Gasteiger partial charge in [0.1, 0.15) is 12.3 Å². The number of rotatable bonds is 7. The summed E-state index contributed by atoms with van der Waals surface area (Å²) in [6.45, 7) is -0.0808. The summed E-state index contributed by atoms with van der Waals surface area (Å²) in [4.78, 5) is 39.8. The Hall–Kier alpha value is -3.68. The van der Waals surface area contributed by atoms with Crippen molar-refractivity contribution in [3.63, 3.8) is 0 Å². The first-order chi connectivity index (χ1) is 13.0. The SMILES string of the molecule is NC(=O)CCOc1ccccc1NC(=O)Cn1cnc2ccccc2c1=O. The molecule has 8 heteroatoms. The van der Waals surface area contributed by atoms with Gasteiger partial charge in [0.15, 0.2) is 0 Å². The summed E-state index contributed by atoms with van der Waals surface area (Å²) >= 11 is 0. The minimum Gasteiger partial charge on any atom is -0.491 e. The van der Waals surface area contributed by atoms with Crippen LogP contribution in [0.5, 0.6) is 5.75 Å². The molecule has 3 rings (SSSR count). The summed E-state index contributed by atoms with van der Waals surface area (Å²) in [7, 11) is 0. The zero-order valence-corrected chi connectivity index (χ0v) is 14.4. The first kappa shape index (κ1) is 18.1. The molecule has 0 saturated carbocycles. The number of benzene rings is 2. The minimum absolute atomic E-state index is 0.0699. The Balaban J connectivity index is 1.72. The van der Waals surface area contributed by atoms with Crippen molar-refractivity contribution in [3.8, 4) is 5.75 Å². The molecule has 0 radical (unpaired) electrons. The van der Waals surface area contributed by atoms with Gasteiger partial charge in [0.25, 0.3) is 5.56 Å². The van der Waals surface area contributed by atoms with Gasteiger partial charge in [0.05, 0.1) is 35.9 Å². The summed E-state index contributed by atoms with van der Waals surface area (Å²) in [6, 6.07) is 13.8. The molecular formula is C19H18N4O4. The number of amides is 2.